The summed E-state index contributed by atoms with van der Waals surface area (Å²) in [5.74, 6) is -0.949. The predicted molar refractivity (Wildman–Crippen MR) is 132 cm³/mol. The molecule has 8 nitrogen and oxygen atoms in total. The fourth-order valence-corrected chi connectivity index (χ4v) is 4.47. The Morgan fingerprint density at radius 2 is 1.80 bits per heavy atom. The van der Waals surface area contributed by atoms with Gasteiger partial charge in [0.1, 0.15) is 5.82 Å². The van der Waals surface area contributed by atoms with Crippen LogP contribution in [0.3, 0.4) is 0 Å². The number of esters is 1. The zero-order chi connectivity index (χ0) is 24.5. The van der Waals surface area contributed by atoms with Gasteiger partial charge in [0.2, 0.25) is 11.9 Å². The topological polar surface area (TPSA) is 130 Å². The van der Waals surface area contributed by atoms with Crippen LogP contribution in [0.25, 0.3) is 22.6 Å². The van der Waals surface area contributed by atoms with Crippen molar-refractivity contribution in [1.29, 1.82) is 0 Å². The molecule has 0 amide bonds. The molecule has 0 radical (unpaired) electrons. The molecule has 0 bridgehead atoms. The van der Waals surface area contributed by atoms with E-state index in [-0.39, 0.29) is 24.3 Å². The van der Waals surface area contributed by atoms with Crippen LogP contribution in [0.4, 0.5) is 16.3 Å². The van der Waals surface area contributed by atoms with E-state index in [4.69, 9.17) is 32.8 Å². The molecule has 0 saturated heterocycles. The lowest BCUT2D eigenvalue weighted by Gasteiger charge is -2.22. The molecule has 176 valence electrons. The van der Waals surface area contributed by atoms with Gasteiger partial charge in [-0.2, -0.15) is 15.0 Å². The van der Waals surface area contributed by atoms with Crippen molar-refractivity contribution in [3.63, 3.8) is 0 Å². The van der Waals surface area contributed by atoms with Crippen molar-refractivity contribution in [2.24, 2.45) is 0 Å². The van der Waals surface area contributed by atoms with Crippen LogP contribution in [-0.4, -0.2) is 25.9 Å². The van der Waals surface area contributed by atoms with E-state index in [1.807, 2.05) is 24.3 Å². The minimum Gasteiger partial charge on any atom is -0.454 e. The molecule has 1 aliphatic carbocycles. The zero-order valence-electron chi connectivity index (χ0n) is 18.5. The Morgan fingerprint density at radius 1 is 1.03 bits per heavy atom. The third kappa shape index (κ3) is 4.50. The number of nitrogens with zero attached hydrogens (tertiary/aromatic N) is 4. The number of carbonyl (C=O) groups excluding carboxylic acids is 1. The Balaban J connectivity index is 1.59. The van der Waals surface area contributed by atoms with Gasteiger partial charge in [-0.25, -0.2) is 14.2 Å². The maximum atomic E-state index is 14.5. The van der Waals surface area contributed by atoms with Gasteiger partial charge in [-0.3, -0.25) is 0 Å². The lowest BCUT2D eigenvalue weighted by atomic mass is 9.86. The largest absolute Gasteiger partial charge is 0.454 e. The van der Waals surface area contributed by atoms with Crippen LogP contribution in [0.15, 0.2) is 42.5 Å². The Hall–Kier alpha value is -4.11. The lowest BCUT2D eigenvalue weighted by Crippen LogP contribution is -2.16. The summed E-state index contributed by atoms with van der Waals surface area (Å²) in [5.41, 5.74) is 14.7. The smallest absolute Gasteiger partial charge is 0.339 e. The molecule has 10 heteroatoms. The molecule has 2 heterocycles. The van der Waals surface area contributed by atoms with Gasteiger partial charge in [0.05, 0.1) is 21.8 Å². The second kappa shape index (κ2) is 9.27. The molecule has 0 unspecified atom stereocenters. The minimum atomic E-state index is -0.553. The van der Waals surface area contributed by atoms with E-state index in [9.17, 15) is 9.18 Å². The number of pyridine rings is 1. The van der Waals surface area contributed by atoms with Gasteiger partial charge in [0, 0.05) is 10.9 Å². The standard InChI is InChI=1S/C25H20ClFN6O2/c26-17-8-4-9-18(27)16(17)11-13-5-3-7-15-21(14-6-1-2-10-19(14)30-22(13)15)23(34)35-12-20-31-24(28)33-25(29)32-20/h1-2,4,6,8-11H,3,5,7,12H2,(H4,28,29,31,32,33)/b13-11+. The first-order chi connectivity index (χ1) is 16.9. The summed E-state index contributed by atoms with van der Waals surface area (Å²) >= 11 is 6.26. The number of ether oxygens (including phenoxy) is 1. The molecule has 0 spiro atoms. The molecule has 2 aromatic carbocycles. The van der Waals surface area contributed by atoms with Gasteiger partial charge >= 0.3 is 5.97 Å². The number of fused-ring (bicyclic) bond motifs is 2. The van der Waals surface area contributed by atoms with E-state index in [2.05, 4.69) is 15.0 Å². The number of nitrogen functional groups attached to an aromatic ring is 2. The third-order valence-electron chi connectivity index (χ3n) is 5.74. The molecule has 0 fully saturated rings. The van der Waals surface area contributed by atoms with Crippen molar-refractivity contribution < 1.29 is 13.9 Å². The molecule has 5 rings (SSSR count). The van der Waals surface area contributed by atoms with Crippen molar-refractivity contribution in [3.8, 4) is 0 Å². The highest BCUT2D eigenvalue weighted by Gasteiger charge is 2.26. The van der Waals surface area contributed by atoms with E-state index < -0.39 is 11.8 Å². The summed E-state index contributed by atoms with van der Waals surface area (Å²) in [5, 5.41) is 0.969. The first-order valence-corrected chi connectivity index (χ1v) is 11.3. The number of nitrogens with two attached hydrogens (primary N) is 2. The van der Waals surface area contributed by atoms with Crippen molar-refractivity contribution in [2.75, 3.05) is 11.5 Å². The minimum absolute atomic E-state index is 0.0585. The summed E-state index contributed by atoms with van der Waals surface area (Å²) in [6.07, 6.45) is 3.75. The van der Waals surface area contributed by atoms with Crippen LogP contribution in [0.2, 0.25) is 5.02 Å². The summed E-state index contributed by atoms with van der Waals surface area (Å²) in [4.78, 5) is 29.8. The average Bonchev–Trinajstić information content (AvgIpc) is 2.83. The molecule has 0 saturated carbocycles. The first-order valence-electron chi connectivity index (χ1n) is 10.9. The maximum absolute atomic E-state index is 14.5. The van der Waals surface area contributed by atoms with E-state index >= 15 is 0 Å². The van der Waals surface area contributed by atoms with E-state index in [1.165, 1.54) is 6.07 Å². The van der Waals surface area contributed by atoms with Gasteiger partial charge in [-0.05, 0) is 54.7 Å². The van der Waals surface area contributed by atoms with Gasteiger partial charge in [-0.15, -0.1) is 0 Å². The molecule has 4 N–H and O–H groups in total. The monoisotopic (exact) mass is 490 g/mol. The van der Waals surface area contributed by atoms with Crippen LogP contribution in [0.5, 0.6) is 0 Å². The predicted octanol–water partition coefficient (Wildman–Crippen LogP) is 4.61. The number of allylic oxidation sites excluding steroid dienone is 1. The Kier molecular flexibility index (Phi) is 6.00. The second-order valence-electron chi connectivity index (χ2n) is 8.03. The Bertz CT molecular complexity index is 1470. The second-order valence-corrected chi connectivity index (χ2v) is 8.44. The van der Waals surface area contributed by atoms with Crippen LogP contribution >= 0.6 is 11.6 Å². The van der Waals surface area contributed by atoms with Crippen LogP contribution in [0, 0.1) is 5.82 Å². The maximum Gasteiger partial charge on any atom is 0.339 e. The third-order valence-corrected chi connectivity index (χ3v) is 6.07. The average molecular weight is 491 g/mol. The molecule has 35 heavy (non-hydrogen) atoms. The molecule has 1 aliphatic rings. The highest BCUT2D eigenvalue weighted by atomic mass is 35.5. The van der Waals surface area contributed by atoms with Gasteiger partial charge in [-0.1, -0.05) is 35.9 Å². The number of aromatic nitrogens is 4. The van der Waals surface area contributed by atoms with Gasteiger partial charge in [0.15, 0.2) is 12.4 Å². The van der Waals surface area contributed by atoms with Gasteiger partial charge in [0.25, 0.3) is 0 Å². The summed E-state index contributed by atoms with van der Waals surface area (Å²) < 4.78 is 20.1. The number of hydrogen-bond donors (Lipinski definition) is 2. The first kappa shape index (κ1) is 22.7. The Morgan fingerprint density at radius 3 is 2.57 bits per heavy atom. The summed E-state index contributed by atoms with van der Waals surface area (Å²) in [6, 6.07) is 11.9. The lowest BCUT2D eigenvalue weighted by molar-refractivity contribution is 0.0463. The highest BCUT2D eigenvalue weighted by Crippen LogP contribution is 2.37. The molecule has 4 aromatic rings. The summed E-state index contributed by atoms with van der Waals surface area (Å²) in [6.45, 7) is -0.227. The van der Waals surface area contributed by atoms with Crippen LogP contribution < -0.4 is 11.5 Å². The number of halogens is 2. The molecule has 0 aliphatic heterocycles. The van der Waals surface area contributed by atoms with Gasteiger partial charge < -0.3 is 16.2 Å². The number of para-hydroxylation sites is 1. The van der Waals surface area contributed by atoms with Crippen molar-refractivity contribution >= 4 is 52.0 Å². The fourth-order valence-electron chi connectivity index (χ4n) is 4.25. The van der Waals surface area contributed by atoms with Crippen molar-refractivity contribution in [2.45, 2.75) is 25.9 Å². The molecule has 2 aromatic heterocycles. The number of anilines is 2. The van der Waals surface area contributed by atoms with E-state index in [0.29, 0.717) is 45.6 Å². The molecular formula is C25H20ClFN6O2. The number of hydrogen-bond acceptors (Lipinski definition) is 8. The fraction of sp³-hybridized carbons (Fsp3) is 0.160. The zero-order valence-corrected chi connectivity index (χ0v) is 19.2. The Labute approximate surface area is 204 Å². The van der Waals surface area contributed by atoms with E-state index in [0.717, 1.165) is 17.6 Å². The van der Waals surface area contributed by atoms with E-state index in [1.54, 1.807) is 18.2 Å². The normalized spacial score (nSPS) is 14.2. The molecule has 0 atom stereocenters. The molecular weight excluding hydrogens is 471 g/mol. The van der Waals surface area contributed by atoms with Crippen LogP contribution in [-0.2, 0) is 17.8 Å². The van der Waals surface area contributed by atoms with Crippen LogP contribution in [0.1, 0.15) is 45.8 Å². The highest BCUT2D eigenvalue weighted by molar-refractivity contribution is 6.32. The SMILES string of the molecule is Nc1nc(N)nc(COC(=O)c2c3c(nc4ccccc24)/C(=C/c2c(F)cccc2Cl)CCC3)n1. The van der Waals surface area contributed by atoms with Crippen molar-refractivity contribution in [1.82, 2.24) is 19.9 Å². The van der Waals surface area contributed by atoms with Crippen molar-refractivity contribution in [3.05, 3.63) is 81.5 Å². The quantitative estimate of drug-likeness (QED) is 0.396. The summed E-state index contributed by atoms with van der Waals surface area (Å²) in [7, 11) is 0. The number of benzene rings is 2. The number of rotatable bonds is 4. The number of carbonyl (C=O) groups is 1.